The first-order valence-electron chi connectivity index (χ1n) is 9.91. The van der Waals surface area contributed by atoms with Crippen LogP contribution in [0.4, 0.5) is 0 Å². The Bertz CT molecular complexity index is 1360. The lowest BCUT2D eigenvalue weighted by atomic mass is 9.83. The molecule has 3 heterocycles. The van der Waals surface area contributed by atoms with Gasteiger partial charge in [0.15, 0.2) is 0 Å². The average molecular weight is 382 g/mol. The van der Waals surface area contributed by atoms with Crippen molar-refractivity contribution in [3.63, 3.8) is 0 Å². The third-order valence-electron chi connectivity index (χ3n) is 6.48. The minimum atomic E-state index is -0.563. The lowest BCUT2D eigenvalue weighted by Crippen LogP contribution is -2.16. The van der Waals surface area contributed by atoms with Gasteiger partial charge in [0.2, 0.25) is 5.91 Å². The third kappa shape index (κ3) is 2.18. The zero-order valence-corrected chi connectivity index (χ0v) is 15.6. The van der Waals surface area contributed by atoms with Gasteiger partial charge in [-0.25, -0.2) is 0 Å². The SMILES string of the molecule is O=C1CC(=O)[C@@H](c2cn3c4c(cccc24)CCC3=O)[C@@H]1c1c[nH]c2ccccc12. The van der Waals surface area contributed by atoms with Gasteiger partial charge < -0.3 is 4.98 Å². The number of nitrogens with zero attached hydrogens (tertiary/aromatic N) is 1. The highest BCUT2D eigenvalue weighted by molar-refractivity contribution is 6.16. The number of carbonyl (C=O) groups excluding carboxylic acids is 3. The van der Waals surface area contributed by atoms with E-state index in [0.29, 0.717) is 12.8 Å². The summed E-state index contributed by atoms with van der Waals surface area (Å²) in [6.07, 6.45) is 4.77. The third-order valence-corrected chi connectivity index (χ3v) is 6.48. The molecule has 142 valence electrons. The number of ketones is 2. The Morgan fingerprint density at radius 3 is 2.45 bits per heavy atom. The molecule has 29 heavy (non-hydrogen) atoms. The van der Waals surface area contributed by atoms with E-state index in [1.165, 1.54) is 0 Å². The topological polar surface area (TPSA) is 71.9 Å². The largest absolute Gasteiger partial charge is 0.361 e. The molecule has 1 fully saturated rings. The van der Waals surface area contributed by atoms with E-state index in [0.717, 1.165) is 38.5 Å². The van der Waals surface area contributed by atoms with Crippen molar-refractivity contribution in [2.24, 2.45) is 0 Å². The van der Waals surface area contributed by atoms with E-state index in [1.807, 2.05) is 48.7 Å². The average Bonchev–Trinajstić information content (AvgIpc) is 3.39. The molecule has 1 saturated carbocycles. The van der Waals surface area contributed by atoms with Crippen LogP contribution in [-0.2, 0) is 16.0 Å². The molecule has 1 aliphatic carbocycles. The smallest absolute Gasteiger partial charge is 0.231 e. The van der Waals surface area contributed by atoms with Crippen molar-refractivity contribution in [2.45, 2.75) is 31.1 Å². The maximum absolute atomic E-state index is 13.0. The fourth-order valence-electron chi connectivity index (χ4n) is 5.21. The Morgan fingerprint density at radius 1 is 0.828 bits per heavy atom. The molecule has 0 radical (unpaired) electrons. The summed E-state index contributed by atoms with van der Waals surface area (Å²) in [6, 6.07) is 13.8. The highest BCUT2D eigenvalue weighted by Crippen LogP contribution is 2.46. The van der Waals surface area contributed by atoms with E-state index >= 15 is 0 Å². The molecule has 2 aromatic heterocycles. The summed E-state index contributed by atoms with van der Waals surface area (Å²) in [5.41, 5.74) is 4.62. The number of aromatic nitrogens is 2. The number of fused-ring (bicyclic) bond motifs is 1. The molecule has 0 bridgehead atoms. The van der Waals surface area contributed by atoms with Crippen LogP contribution >= 0.6 is 0 Å². The summed E-state index contributed by atoms with van der Waals surface area (Å²) in [4.78, 5) is 41.7. The number of benzene rings is 2. The highest BCUT2D eigenvalue weighted by Gasteiger charge is 2.45. The number of hydrogen-bond donors (Lipinski definition) is 1. The number of Topliss-reactive ketones (excluding diaryl/α,β-unsaturated/α-hetero) is 2. The zero-order chi connectivity index (χ0) is 19.7. The normalized spacial score (nSPS) is 21.6. The molecule has 2 atom stereocenters. The molecule has 1 N–H and O–H groups in total. The summed E-state index contributed by atoms with van der Waals surface area (Å²) >= 11 is 0. The van der Waals surface area contributed by atoms with Gasteiger partial charge in [-0.15, -0.1) is 0 Å². The standard InChI is InChI=1S/C24H18N2O3/c27-19-10-20(28)23(22(19)16-11-25-18-7-2-1-5-14(16)18)17-12-26-21(29)9-8-13-4-3-6-15(17)24(13)26/h1-7,11-12,22-23,25H,8-10H2/t22-,23-/m1/s1. The van der Waals surface area contributed by atoms with Crippen LogP contribution in [0.5, 0.6) is 0 Å². The number of H-pyrrole nitrogens is 1. The molecule has 1 aliphatic heterocycles. The van der Waals surface area contributed by atoms with Gasteiger partial charge >= 0.3 is 0 Å². The van der Waals surface area contributed by atoms with Crippen molar-refractivity contribution >= 4 is 39.3 Å². The van der Waals surface area contributed by atoms with Crippen LogP contribution in [0.1, 0.15) is 46.2 Å². The molecule has 0 unspecified atom stereocenters. The lowest BCUT2D eigenvalue weighted by molar-refractivity contribution is -0.122. The molecule has 4 aromatic rings. The molecule has 5 nitrogen and oxygen atoms in total. The number of nitrogens with one attached hydrogen (secondary N) is 1. The van der Waals surface area contributed by atoms with Crippen molar-refractivity contribution in [2.75, 3.05) is 0 Å². The van der Waals surface area contributed by atoms with Crippen molar-refractivity contribution in [1.29, 1.82) is 0 Å². The first kappa shape index (κ1) is 16.5. The monoisotopic (exact) mass is 382 g/mol. The van der Waals surface area contributed by atoms with Gasteiger partial charge in [-0.2, -0.15) is 0 Å². The van der Waals surface area contributed by atoms with Crippen LogP contribution in [0.25, 0.3) is 21.8 Å². The molecule has 2 aliphatic rings. The number of hydrogen-bond acceptors (Lipinski definition) is 3. The Balaban J connectivity index is 1.60. The molecule has 0 saturated heterocycles. The van der Waals surface area contributed by atoms with Gasteiger partial charge in [0.05, 0.1) is 23.8 Å². The van der Waals surface area contributed by atoms with E-state index in [1.54, 1.807) is 10.8 Å². The van der Waals surface area contributed by atoms with Gasteiger partial charge in [0.1, 0.15) is 11.6 Å². The van der Waals surface area contributed by atoms with Crippen LogP contribution in [-0.4, -0.2) is 27.0 Å². The summed E-state index contributed by atoms with van der Waals surface area (Å²) in [5.74, 6) is -1.17. The van der Waals surface area contributed by atoms with Crippen molar-refractivity contribution in [1.82, 2.24) is 9.55 Å². The predicted molar refractivity (Wildman–Crippen MR) is 109 cm³/mol. The number of para-hydroxylation sites is 2. The molecular weight excluding hydrogens is 364 g/mol. The Hall–Kier alpha value is -3.47. The summed E-state index contributed by atoms with van der Waals surface area (Å²) in [5, 5.41) is 1.88. The summed E-state index contributed by atoms with van der Waals surface area (Å²) in [7, 11) is 0. The first-order chi connectivity index (χ1) is 14.1. The minimum Gasteiger partial charge on any atom is -0.361 e. The molecular formula is C24H18N2O3. The Labute approximate surface area is 166 Å². The highest BCUT2D eigenvalue weighted by atomic mass is 16.2. The summed E-state index contributed by atoms with van der Waals surface area (Å²) < 4.78 is 1.69. The van der Waals surface area contributed by atoms with Crippen molar-refractivity contribution in [3.8, 4) is 0 Å². The van der Waals surface area contributed by atoms with E-state index in [9.17, 15) is 14.4 Å². The van der Waals surface area contributed by atoms with Gasteiger partial charge in [-0.05, 0) is 29.2 Å². The maximum atomic E-state index is 13.0. The molecule has 0 amide bonds. The number of rotatable bonds is 2. The fourth-order valence-corrected chi connectivity index (χ4v) is 5.21. The van der Waals surface area contributed by atoms with E-state index in [2.05, 4.69) is 4.98 Å². The number of carbonyl (C=O) groups is 3. The minimum absolute atomic E-state index is 0.0420. The fraction of sp³-hybridized carbons (Fsp3) is 0.208. The van der Waals surface area contributed by atoms with Gasteiger partial charge in [0, 0.05) is 35.1 Å². The van der Waals surface area contributed by atoms with Crippen LogP contribution in [0, 0.1) is 0 Å². The second kappa shape index (κ2) is 5.77. The maximum Gasteiger partial charge on any atom is 0.231 e. The molecule has 5 heteroatoms. The van der Waals surface area contributed by atoms with E-state index in [4.69, 9.17) is 0 Å². The quantitative estimate of drug-likeness (QED) is 0.530. The number of aromatic amines is 1. The van der Waals surface area contributed by atoms with Gasteiger partial charge in [-0.3, -0.25) is 19.0 Å². The second-order valence-corrected chi connectivity index (χ2v) is 8.02. The van der Waals surface area contributed by atoms with Crippen LogP contribution in [0.15, 0.2) is 54.9 Å². The van der Waals surface area contributed by atoms with E-state index in [-0.39, 0.29) is 23.9 Å². The predicted octanol–water partition coefficient (Wildman–Crippen LogP) is 4.12. The molecule has 6 rings (SSSR count). The van der Waals surface area contributed by atoms with E-state index < -0.39 is 11.8 Å². The lowest BCUT2D eigenvalue weighted by Gasteiger charge is -2.17. The van der Waals surface area contributed by atoms with Crippen molar-refractivity contribution in [3.05, 3.63) is 71.5 Å². The second-order valence-electron chi connectivity index (χ2n) is 8.02. The van der Waals surface area contributed by atoms with Crippen molar-refractivity contribution < 1.29 is 14.4 Å². The van der Waals surface area contributed by atoms with Crippen LogP contribution < -0.4 is 0 Å². The van der Waals surface area contributed by atoms with Gasteiger partial charge in [-0.1, -0.05) is 36.4 Å². The van der Waals surface area contributed by atoms with Crippen LogP contribution in [0.3, 0.4) is 0 Å². The first-order valence-corrected chi connectivity index (χ1v) is 9.91. The van der Waals surface area contributed by atoms with Crippen LogP contribution in [0.2, 0.25) is 0 Å². The molecule has 0 spiro atoms. The zero-order valence-electron chi connectivity index (χ0n) is 15.6. The summed E-state index contributed by atoms with van der Waals surface area (Å²) in [6.45, 7) is 0. The Morgan fingerprint density at radius 2 is 1.59 bits per heavy atom. The molecule has 2 aromatic carbocycles. The van der Waals surface area contributed by atoms with Gasteiger partial charge in [0.25, 0.3) is 0 Å². The Kier molecular flexibility index (Phi) is 3.28. The number of aryl methyl sites for hydroxylation is 1.